The van der Waals surface area contributed by atoms with Crippen molar-refractivity contribution in [1.82, 2.24) is 4.90 Å². The van der Waals surface area contributed by atoms with Crippen LogP contribution in [-0.2, 0) is 19.1 Å². The maximum absolute atomic E-state index is 14.3. The van der Waals surface area contributed by atoms with E-state index in [1.807, 2.05) is 0 Å². The molecule has 6 atom stereocenters. The number of unbranched alkanes of at least 4 members (excludes halogenated alkanes) is 1. The molecular formula is C26H30BrClN2O5S. The van der Waals surface area contributed by atoms with Gasteiger partial charge in [-0.1, -0.05) is 46.3 Å². The van der Waals surface area contributed by atoms with Crippen LogP contribution in [0.4, 0.5) is 5.69 Å². The van der Waals surface area contributed by atoms with Crippen LogP contribution in [0, 0.1) is 11.8 Å². The first-order valence-electron chi connectivity index (χ1n) is 12.0. The maximum atomic E-state index is 14.3. The minimum atomic E-state index is -0.768. The first-order valence-corrected chi connectivity index (χ1v) is 14.2. The van der Waals surface area contributed by atoms with Gasteiger partial charge in [-0.3, -0.25) is 14.4 Å². The topological polar surface area (TPSA) is 87.1 Å². The molecule has 3 aliphatic rings. The number of halogens is 2. The molecule has 10 heteroatoms. The number of rotatable bonds is 11. The highest BCUT2D eigenvalue weighted by Gasteiger charge is 2.76. The number of nitrogens with zero attached hydrogens (tertiary/aromatic N) is 2. The van der Waals surface area contributed by atoms with Crippen molar-refractivity contribution in [3.8, 4) is 0 Å². The van der Waals surface area contributed by atoms with Gasteiger partial charge in [0.05, 0.1) is 16.6 Å². The molecule has 3 aliphatic heterocycles. The highest BCUT2D eigenvalue weighted by Crippen LogP contribution is 2.68. The van der Waals surface area contributed by atoms with Crippen LogP contribution in [0.3, 0.4) is 0 Å². The number of alkyl halides is 1. The van der Waals surface area contributed by atoms with Crippen molar-refractivity contribution in [3.63, 3.8) is 0 Å². The number of fused-ring (bicyclic) bond motifs is 1. The van der Waals surface area contributed by atoms with Gasteiger partial charge >= 0.3 is 5.97 Å². The largest absolute Gasteiger partial charge is 0.461 e. The highest BCUT2D eigenvalue weighted by atomic mass is 79.9. The Kier molecular flexibility index (Phi) is 8.54. The van der Waals surface area contributed by atoms with Gasteiger partial charge < -0.3 is 19.6 Å². The van der Waals surface area contributed by atoms with Crippen molar-refractivity contribution in [1.29, 1.82) is 0 Å². The van der Waals surface area contributed by atoms with Crippen molar-refractivity contribution < 1.29 is 24.2 Å². The van der Waals surface area contributed by atoms with Crippen LogP contribution < -0.4 is 4.90 Å². The van der Waals surface area contributed by atoms with E-state index in [1.54, 1.807) is 51.9 Å². The maximum Gasteiger partial charge on any atom is 0.311 e. The summed E-state index contributed by atoms with van der Waals surface area (Å²) < 4.78 is 4.64. The molecule has 2 amide bonds. The summed E-state index contributed by atoms with van der Waals surface area (Å²) in [6.45, 7) is 8.08. The molecule has 36 heavy (non-hydrogen) atoms. The van der Waals surface area contributed by atoms with Crippen LogP contribution >= 0.6 is 39.3 Å². The molecule has 3 unspecified atom stereocenters. The van der Waals surface area contributed by atoms with Gasteiger partial charge in [0.2, 0.25) is 5.91 Å². The van der Waals surface area contributed by atoms with Crippen molar-refractivity contribution in [2.45, 2.75) is 40.1 Å². The monoisotopic (exact) mass is 596 g/mol. The van der Waals surface area contributed by atoms with Gasteiger partial charge in [-0.2, -0.15) is 0 Å². The van der Waals surface area contributed by atoms with Crippen molar-refractivity contribution in [2.75, 3.05) is 31.2 Å². The number of carbonyl (C=O) groups is 3. The fourth-order valence-electron chi connectivity index (χ4n) is 5.77. The Bertz CT molecular complexity index is 1040. The predicted molar refractivity (Wildman–Crippen MR) is 145 cm³/mol. The number of ether oxygens (including phenoxy) is 1. The lowest BCUT2D eigenvalue weighted by Gasteiger charge is -2.37. The Balaban J connectivity index is 1.76. The van der Waals surface area contributed by atoms with E-state index >= 15 is 0 Å². The van der Waals surface area contributed by atoms with E-state index in [9.17, 15) is 19.5 Å². The number of likely N-dealkylation sites (tertiary alicyclic amines) is 1. The third-order valence-corrected chi connectivity index (χ3v) is 10.6. The van der Waals surface area contributed by atoms with Crippen molar-refractivity contribution in [3.05, 3.63) is 54.6 Å². The van der Waals surface area contributed by atoms with Gasteiger partial charge in [-0.25, -0.2) is 0 Å². The number of hydrogen-bond acceptors (Lipinski definition) is 6. The second-order valence-electron chi connectivity index (χ2n) is 9.26. The first-order chi connectivity index (χ1) is 17.3. The smallest absolute Gasteiger partial charge is 0.311 e. The summed E-state index contributed by atoms with van der Waals surface area (Å²) in [5, 5.41) is 9.71. The minimum absolute atomic E-state index is 0.000614. The lowest BCUT2D eigenvalue weighted by molar-refractivity contribution is -0.153. The van der Waals surface area contributed by atoms with Crippen LogP contribution in [-0.4, -0.2) is 75.0 Å². The van der Waals surface area contributed by atoms with Crippen LogP contribution in [0.1, 0.15) is 19.3 Å². The summed E-state index contributed by atoms with van der Waals surface area (Å²) in [4.78, 5) is 44.6. The minimum Gasteiger partial charge on any atom is -0.461 e. The van der Waals surface area contributed by atoms with Crippen LogP contribution in [0.25, 0.3) is 0 Å². The van der Waals surface area contributed by atoms with Crippen molar-refractivity contribution >= 4 is 62.8 Å². The van der Waals surface area contributed by atoms with Gasteiger partial charge in [0.1, 0.15) is 12.6 Å². The Morgan fingerprint density at radius 3 is 2.64 bits per heavy atom. The number of aliphatic hydroxyl groups is 1. The van der Waals surface area contributed by atoms with E-state index in [4.69, 9.17) is 16.3 Å². The number of aliphatic hydroxyl groups excluding tert-OH is 1. The van der Waals surface area contributed by atoms with Crippen LogP contribution in [0.15, 0.2) is 49.6 Å². The average Bonchev–Trinajstić information content (AvgIpc) is 3.45. The number of anilines is 1. The van der Waals surface area contributed by atoms with E-state index in [0.29, 0.717) is 36.5 Å². The summed E-state index contributed by atoms with van der Waals surface area (Å²) in [6.07, 6.45) is 4.80. The molecule has 3 heterocycles. The molecule has 2 bridgehead atoms. The molecule has 0 saturated carbocycles. The summed E-state index contributed by atoms with van der Waals surface area (Å²) in [5.74, 6) is -2.15. The molecule has 4 rings (SSSR count). The lowest BCUT2D eigenvalue weighted by Crippen LogP contribution is -2.55. The molecule has 0 aromatic heterocycles. The first kappa shape index (κ1) is 27.2. The highest BCUT2D eigenvalue weighted by molar-refractivity contribution is 9.09. The zero-order valence-electron chi connectivity index (χ0n) is 19.9. The molecule has 3 saturated heterocycles. The predicted octanol–water partition coefficient (Wildman–Crippen LogP) is 3.83. The quantitative estimate of drug-likeness (QED) is 0.181. The van der Waals surface area contributed by atoms with E-state index in [0.717, 1.165) is 0 Å². The summed E-state index contributed by atoms with van der Waals surface area (Å²) >= 11 is 11.4. The fourth-order valence-corrected chi connectivity index (χ4v) is 9.49. The second-order valence-corrected chi connectivity index (χ2v) is 12.4. The third kappa shape index (κ3) is 4.64. The van der Waals surface area contributed by atoms with E-state index in [1.165, 1.54) is 6.08 Å². The molecule has 1 aromatic carbocycles. The Labute approximate surface area is 229 Å². The van der Waals surface area contributed by atoms with Gasteiger partial charge in [0.25, 0.3) is 5.91 Å². The van der Waals surface area contributed by atoms with Crippen molar-refractivity contribution in [2.24, 2.45) is 11.8 Å². The Morgan fingerprint density at radius 2 is 2.00 bits per heavy atom. The average molecular weight is 598 g/mol. The van der Waals surface area contributed by atoms with Gasteiger partial charge in [-0.15, -0.1) is 18.3 Å². The molecular weight excluding hydrogens is 568 g/mol. The number of carbonyl (C=O) groups excluding carboxylic acids is 3. The SMILES string of the molecule is C=CCOC(=O)[C@H]1[C@H]2C(=O)N(CCCCO)C(C(=O)N(CC=C)c3ccc(Cl)cc3)C23CC(Br)[C@@H]1S3. The number of thioether (sulfide) groups is 1. The molecule has 1 spiro atoms. The molecule has 3 fully saturated rings. The third-order valence-electron chi connectivity index (χ3n) is 7.16. The standard InChI is InChI=1S/C26H30BrClN2O5S/c1-3-11-29(17-9-7-16(28)8-10-17)24(33)22-26-15-18(27)21(36-26)19(25(34)35-14-4-2)20(26)23(32)30(22)12-5-6-13-31/h3-4,7-10,18-22,31H,1-2,5-6,11-15H2/t18?,19-,20-,21-,22?,26?/m0/s1. The van der Waals surface area contributed by atoms with E-state index in [2.05, 4.69) is 29.1 Å². The summed E-state index contributed by atoms with van der Waals surface area (Å²) in [5.41, 5.74) is 0.654. The zero-order valence-corrected chi connectivity index (χ0v) is 23.0. The molecule has 1 aromatic rings. The molecule has 1 N–H and O–H groups in total. The lowest BCUT2D eigenvalue weighted by atomic mass is 9.71. The molecule has 0 radical (unpaired) electrons. The summed E-state index contributed by atoms with van der Waals surface area (Å²) in [7, 11) is 0. The van der Waals surface area contributed by atoms with Crippen LogP contribution in [0.2, 0.25) is 5.02 Å². The summed E-state index contributed by atoms with van der Waals surface area (Å²) in [6, 6.07) is 6.21. The van der Waals surface area contributed by atoms with E-state index in [-0.39, 0.29) is 41.6 Å². The molecule has 0 aliphatic carbocycles. The number of hydrogen-bond donors (Lipinski definition) is 1. The number of esters is 1. The van der Waals surface area contributed by atoms with Gasteiger partial charge in [0, 0.05) is 40.5 Å². The van der Waals surface area contributed by atoms with E-state index < -0.39 is 28.6 Å². The van der Waals surface area contributed by atoms with Gasteiger partial charge in [0.15, 0.2) is 0 Å². The van der Waals surface area contributed by atoms with Crippen LogP contribution in [0.5, 0.6) is 0 Å². The normalized spacial score (nSPS) is 30.2. The Hall–Kier alpha value is -1.81. The zero-order chi connectivity index (χ0) is 26.0. The second kappa shape index (κ2) is 11.3. The molecule has 7 nitrogen and oxygen atoms in total. The van der Waals surface area contributed by atoms with Gasteiger partial charge in [-0.05, 0) is 43.5 Å². The fraction of sp³-hybridized carbons (Fsp3) is 0.500. The number of amides is 2. The molecule has 194 valence electrons. The number of benzene rings is 1. The Morgan fingerprint density at radius 1 is 1.28 bits per heavy atom.